The summed E-state index contributed by atoms with van der Waals surface area (Å²) in [5.41, 5.74) is 7.70. The van der Waals surface area contributed by atoms with Crippen molar-refractivity contribution in [1.82, 2.24) is 14.5 Å². The first kappa shape index (κ1) is 26.9. The zero-order valence-electron chi connectivity index (χ0n) is 27.1. The van der Waals surface area contributed by atoms with Crippen molar-refractivity contribution in [2.45, 2.75) is 0 Å². The van der Waals surface area contributed by atoms with Gasteiger partial charge in [0, 0.05) is 32.5 Å². The van der Waals surface area contributed by atoms with Crippen LogP contribution in [0.15, 0.2) is 160 Å². The first-order valence-corrected chi connectivity index (χ1v) is 17.2. The summed E-state index contributed by atoms with van der Waals surface area (Å²) in [6.07, 6.45) is 0. The Bertz CT molecular complexity index is 3440. The fraction of sp³-hybridized carbons (Fsp3) is 0. The average Bonchev–Trinajstić information content (AvgIpc) is 3.86. The second-order valence-electron chi connectivity index (χ2n) is 13.3. The van der Waals surface area contributed by atoms with Crippen molar-refractivity contribution < 1.29 is 8.83 Å². The van der Waals surface area contributed by atoms with Crippen LogP contribution >= 0.6 is 0 Å². The van der Waals surface area contributed by atoms with Crippen molar-refractivity contribution in [3.63, 3.8) is 0 Å². The molecule has 5 heteroatoms. The summed E-state index contributed by atoms with van der Waals surface area (Å²) in [6, 6.07) is 53.2. The Hall–Kier alpha value is -6.98. The molecule has 0 atom stereocenters. The molecule has 12 rings (SSSR count). The minimum atomic E-state index is 0.594. The highest BCUT2D eigenvalue weighted by molar-refractivity contribution is 6.28. The van der Waals surface area contributed by atoms with Crippen LogP contribution < -0.4 is 0 Å². The second kappa shape index (κ2) is 9.80. The SMILES string of the molecule is c1ccc2c(c1)oc1ccc(-c3nc(-n4c5ccccc5c5cc6c7ccccc7c7ccccc7c6cc54)nc4c3oc3ccccc34)cc12. The molecule has 0 spiro atoms. The lowest BCUT2D eigenvalue weighted by molar-refractivity contribution is 0.666. The first-order chi connectivity index (χ1) is 25.3. The number of rotatable bonds is 2. The van der Waals surface area contributed by atoms with E-state index in [0.717, 1.165) is 71.5 Å². The molecule has 8 aromatic carbocycles. The lowest BCUT2D eigenvalue weighted by Gasteiger charge is -2.12. The van der Waals surface area contributed by atoms with Crippen molar-refractivity contribution in [2.24, 2.45) is 0 Å². The Morgan fingerprint density at radius 2 is 0.941 bits per heavy atom. The van der Waals surface area contributed by atoms with E-state index >= 15 is 0 Å². The zero-order chi connectivity index (χ0) is 33.2. The minimum Gasteiger partial charge on any atom is -0.456 e. The molecule has 0 fully saturated rings. The maximum Gasteiger partial charge on any atom is 0.236 e. The number of fused-ring (bicyclic) bond motifs is 15. The molecule has 4 heterocycles. The lowest BCUT2D eigenvalue weighted by Crippen LogP contribution is -2.03. The van der Waals surface area contributed by atoms with Gasteiger partial charge in [0.25, 0.3) is 0 Å². The number of para-hydroxylation sites is 3. The third kappa shape index (κ3) is 3.64. The fourth-order valence-electron chi connectivity index (χ4n) is 8.33. The molecule has 0 aliphatic rings. The van der Waals surface area contributed by atoms with Crippen molar-refractivity contribution in [3.8, 4) is 17.2 Å². The maximum absolute atomic E-state index is 6.56. The minimum absolute atomic E-state index is 0.594. The first-order valence-electron chi connectivity index (χ1n) is 17.2. The predicted octanol–water partition coefficient (Wildman–Crippen LogP) is 12.5. The molecule has 4 aromatic heterocycles. The Morgan fingerprint density at radius 1 is 0.373 bits per heavy atom. The molecular formula is C46H25N3O2. The molecule has 0 unspecified atom stereocenters. The Balaban J connectivity index is 1.22. The van der Waals surface area contributed by atoms with Crippen LogP contribution in [0.1, 0.15) is 0 Å². The molecule has 0 bridgehead atoms. The van der Waals surface area contributed by atoms with E-state index in [1.54, 1.807) is 0 Å². The van der Waals surface area contributed by atoms with Gasteiger partial charge in [0.05, 0.1) is 11.0 Å². The largest absolute Gasteiger partial charge is 0.456 e. The lowest BCUT2D eigenvalue weighted by atomic mass is 9.93. The van der Waals surface area contributed by atoms with Gasteiger partial charge in [-0.2, -0.15) is 0 Å². The van der Waals surface area contributed by atoms with E-state index in [4.69, 9.17) is 18.8 Å². The molecule has 0 aliphatic carbocycles. The van der Waals surface area contributed by atoms with Gasteiger partial charge in [0.1, 0.15) is 28.0 Å². The van der Waals surface area contributed by atoms with E-state index in [9.17, 15) is 0 Å². The van der Waals surface area contributed by atoms with Gasteiger partial charge in [-0.1, -0.05) is 97.1 Å². The molecule has 51 heavy (non-hydrogen) atoms. The third-order valence-corrected chi connectivity index (χ3v) is 10.6. The number of nitrogens with zero attached hydrogens (tertiary/aromatic N) is 3. The number of benzene rings is 8. The van der Waals surface area contributed by atoms with Gasteiger partial charge in [-0.3, -0.25) is 4.57 Å². The van der Waals surface area contributed by atoms with Crippen LogP contribution in [-0.4, -0.2) is 14.5 Å². The van der Waals surface area contributed by atoms with Gasteiger partial charge in [0.15, 0.2) is 5.58 Å². The monoisotopic (exact) mass is 651 g/mol. The van der Waals surface area contributed by atoms with Crippen LogP contribution in [0.2, 0.25) is 0 Å². The quantitative estimate of drug-likeness (QED) is 0.175. The predicted molar refractivity (Wildman–Crippen MR) is 209 cm³/mol. The van der Waals surface area contributed by atoms with Crippen molar-refractivity contribution >= 4 is 98.1 Å². The number of hydrogen-bond donors (Lipinski definition) is 0. The molecule has 12 aromatic rings. The Labute approximate surface area is 289 Å². The van der Waals surface area contributed by atoms with Crippen LogP contribution in [0.5, 0.6) is 0 Å². The number of aromatic nitrogens is 3. The van der Waals surface area contributed by atoms with E-state index in [2.05, 4.69) is 114 Å². The van der Waals surface area contributed by atoms with Gasteiger partial charge in [0.2, 0.25) is 5.95 Å². The molecule has 0 N–H and O–H groups in total. The van der Waals surface area contributed by atoms with Gasteiger partial charge >= 0.3 is 0 Å². The van der Waals surface area contributed by atoms with Gasteiger partial charge in [-0.25, -0.2) is 9.97 Å². The zero-order valence-corrected chi connectivity index (χ0v) is 27.1. The van der Waals surface area contributed by atoms with E-state index in [-0.39, 0.29) is 0 Å². The summed E-state index contributed by atoms with van der Waals surface area (Å²) in [5.74, 6) is 0.594. The number of furan rings is 2. The van der Waals surface area contributed by atoms with Crippen LogP contribution in [0.4, 0.5) is 0 Å². The smallest absolute Gasteiger partial charge is 0.236 e. The van der Waals surface area contributed by atoms with Crippen LogP contribution in [0, 0.1) is 0 Å². The van der Waals surface area contributed by atoms with E-state index in [0.29, 0.717) is 11.5 Å². The van der Waals surface area contributed by atoms with E-state index < -0.39 is 0 Å². The molecule has 0 saturated carbocycles. The molecule has 0 amide bonds. The molecule has 5 nitrogen and oxygen atoms in total. The highest BCUT2D eigenvalue weighted by Gasteiger charge is 2.22. The average molecular weight is 652 g/mol. The van der Waals surface area contributed by atoms with E-state index in [1.807, 2.05) is 42.5 Å². The standard InChI is InChI=1S/C46H25N3O2/c1-3-13-29-27(11-1)28-12-2-4-14-30(28)35-25-39-36(24-34(29)35)31-15-5-8-18-38(31)49(39)46-47-43(45-44(48-46)33-17-7-10-20-41(33)51-45)26-21-22-42-37(23-26)32-16-6-9-19-40(32)50-42/h1-25H. The Kier molecular flexibility index (Phi) is 5.17. The summed E-state index contributed by atoms with van der Waals surface area (Å²) in [7, 11) is 0. The third-order valence-electron chi connectivity index (χ3n) is 10.6. The number of hydrogen-bond acceptors (Lipinski definition) is 4. The van der Waals surface area contributed by atoms with Crippen LogP contribution in [0.3, 0.4) is 0 Å². The highest BCUT2D eigenvalue weighted by atomic mass is 16.3. The molecule has 236 valence electrons. The fourth-order valence-corrected chi connectivity index (χ4v) is 8.33. The topological polar surface area (TPSA) is 57.0 Å². The van der Waals surface area contributed by atoms with Crippen LogP contribution in [0.25, 0.3) is 115 Å². The molecule has 0 aliphatic heterocycles. The molecule has 0 radical (unpaired) electrons. The van der Waals surface area contributed by atoms with Crippen molar-refractivity contribution in [1.29, 1.82) is 0 Å². The summed E-state index contributed by atoms with van der Waals surface area (Å²) < 4.78 is 15.0. The summed E-state index contributed by atoms with van der Waals surface area (Å²) in [6.45, 7) is 0. The molecular weight excluding hydrogens is 627 g/mol. The molecule has 0 saturated heterocycles. The summed E-state index contributed by atoms with van der Waals surface area (Å²) in [4.78, 5) is 10.7. The summed E-state index contributed by atoms with van der Waals surface area (Å²) >= 11 is 0. The Morgan fingerprint density at radius 3 is 1.69 bits per heavy atom. The normalized spacial score (nSPS) is 12.3. The highest BCUT2D eigenvalue weighted by Crippen LogP contribution is 2.42. The summed E-state index contributed by atoms with van der Waals surface area (Å²) in [5, 5.41) is 12.8. The van der Waals surface area contributed by atoms with E-state index in [1.165, 1.54) is 32.3 Å². The van der Waals surface area contributed by atoms with Crippen molar-refractivity contribution in [3.05, 3.63) is 152 Å². The maximum atomic E-state index is 6.56. The van der Waals surface area contributed by atoms with Crippen molar-refractivity contribution in [2.75, 3.05) is 0 Å². The van der Waals surface area contributed by atoms with Gasteiger partial charge < -0.3 is 8.83 Å². The van der Waals surface area contributed by atoms with Crippen LogP contribution in [-0.2, 0) is 0 Å². The van der Waals surface area contributed by atoms with Gasteiger partial charge in [-0.15, -0.1) is 0 Å². The van der Waals surface area contributed by atoms with Gasteiger partial charge in [-0.05, 0) is 86.9 Å². The second-order valence-corrected chi connectivity index (χ2v) is 13.3.